The van der Waals surface area contributed by atoms with Crippen molar-refractivity contribution in [2.75, 3.05) is 7.11 Å². The third kappa shape index (κ3) is 5.10. The van der Waals surface area contributed by atoms with E-state index in [2.05, 4.69) is 25.4 Å². The number of benzene rings is 1. The second kappa shape index (κ2) is 8.31. The van der Waals surface area contributed by atoms with E-state index in [0.29, 0.717) is 11.3 Å². The zero-order valence-corrected chi connectivity index (χ0v) is 15.5. The van der Waals surface area contributed by atoms with Crippen molar-refractivity contribution in [1.82, 2.24) is 15.1 Å². The van der Waals surface area contributed by atoms with Gasteiger partial charge in [-0.2, -0.15) is 23.4 Å². The molecule has 0 unspecified atom stereocenters. The van der Waals surface area contributed by atoms with Crippen molar-refractivity contribution in [1.29, 1.82) is 0 Å². The Hall–Kier alpha value is -3.41. The first kappa shape index (κ1) is 20.3. The van der Waals surface area contributed by atoms with Gasteiger partial charge < -0.3 is 4.74 Å². The number of amidine groups is 1. The van der Waals surface area contributed by atoms with Crippen molar-refractivity contribution in [3.63, 3.8) is 0 Å². The summed E-state index contributed by atoms with van der Waals surface area (Å²) >= 11 is 0.934. The molecule has 8 nitrogen and oxygen atoms in total. The number of rotatable bonds is 4. The standard InChI is InChI=1S/C17H12F3N5O3S/c1-28-14(26)6-13-15(27)23-16(29-13)24-21-7-10-2-4-12(5-3-10)25-9-11(8-22-25)17(18,19)20/h2-9H,1H3,(H,23,24,27)/b13-6+,21-7?. The summed E-state index contributed by atoms with van der Waals surface area (Å²) in [6.07, 6.45) is -0.361. The van der Waals surface area contributed by atoms with Crippen molar-refractivity contribution in [2.24, 2.45) is 10.2 Å². The van der Waals surface area contributed by atoms with Crippen LogP contribution < -0.4 is 5.32 Å². The Balaban J connectivity index is 1.66. The van der Waals surface area contributed by atoms with Gasteiger partial charge in [-0.1, -0.05) is 12.1 Å². The largest absolute Gasteiger partial charge is 0.466 e. The Labute approximate surface area is 166 Å². The molecule has 0 atom stereocenters. The van der Waals surface area contributed by atoms with E-state index in [1.165, 1.54) is 13.3 Å². The number of carbonyl (C=O) groups is 2. The van der Waals surface area contributed by atoms with E-state index in [1.54, 1.807) is 24.3 Å². The molecule has 150 valence electrons. The zero-order chi connectivity index (χ0) is 21.0. The summed E-state index contributed by atoms with van der Waals surface area (Å²) in [6.45, 7) is 0. The normalized spacial score (nSPS) is 17.3. The number of hydrogen-bond acceptors (Lipinski definition) is 7. The Morgan fingerprint density at radius 3 is 2.66 bits per heavy atom. The molecule has 1 aliphatic heterocycles. The number of aromatic nitrogens is 2. The second-order valence-corrected chi connectivity index (χ2v) is 6.53. The van der Waals surface area contributed by atoms with Crippen LogP contribution >= 0.6 is 11.8 Å². The molecule has 0 aliphatic carbocycles. The highest BCUT2D eigenvalue weighted by Crippen LogP contribution is 2.29. The number of amides is 1. The highest BCUT2D eigenvalue weighted by molar-refractivity contribution is 8.18. The molecule has 1 fully saturated rings. The zero-order valence-electron chi connectivity index (χ0n) is 14.7. The molecule has 1 aliphatic rings. The molecule has 1 N–H and O–H groups in total. The lowest BCUT2D eigenvalue weighted by atomic mass is 10.2. The SMILES string of the molecule is COC(=O)/C=C1/S/C(=N\N=Cc2ccc(-n3cc(C(F)(F)F)cn3)cc2)NC1=O. The smallest absolute Gasteiger partial charge is 0.419 e. The van der Waals surface area contributed by atoms with Crippen LogP contribution in [0.2, 0.25) is 0 Å². The molecular formula is C17H12F3N5O3S. The third-order valence-electron chi connectivity index (χ3n) is 3.52. The van der Waals surface area contributed by atoms with Crippen LogP contribution in [0.25, 0.3) is 5.69 Å². The molecule has 0 spiro atoms. The highest BCUT2D eigenvalue weighted by Gasteiger charge is 2.32. The molecular weight excluding hydrogens is 411 g/mol. The monoisotopic (exact) mass is 423 g/mol. The number of nitrogens with one attached hydrogen (secondary N) is 1. The number of halogens is 3. The van der Waals surface area contributed by atoms with E-state index < -0.39 is 23.6 Å². The number of thioether (sulfide) groups is 1. The molecule has 1 aromatic carbocycles. The van der Waals surface area contributed by atoms with Crippen molar-refractivity contribution in [3.8, 4) is 5.69 Å². The predicted molar refractivity (Wildman–Crippen MR) is 99.4 cm³/mol. The third-order valence-corrected chi connectivity index (χ3v) is 4.42. The quantitative estimate of drug-likeness (QED) is 0.353. The minimum absolute atomic E-state index is 0.132. The van der Waals surface area contributed by atoms with Crippen LogP contribution in [0.4, 0.5) is 13.2 Å². The maximum absolute atomic E-state index is 12.6. The number of ether oxygens (including phenoxy) is 1. The number of esters is 1. The summed E-state index contributed by atoms with van der Waals surface area (Å²) in [5, 5.41) is 14.0. The molecule has 29 heavy (non-hydrogen) atoms. The summed E-state index contributed by atoms with van der Waals surface area (Å²) in [6, 6.07) is 6.39. The van der Waals surface area contributed by atoms with Crippen LogP contribution in [-0.2, 0) is 20.5 Å². The van der Waals surface area contributed by atoms with Crippen molar-refractivity contribution in [2.45, 2.75) is 6.18 Å². The summed E-state index contributed by atoms with van der Waals surface area (Å²) in [7, 11) is 1.20. The fraction of sp³-hybridized carbons (Fsp3) is 0.118. The number of hydrogen-bond donors (Lipinski definition) is 1. The Kier molecular flexibility index (Phi) is 5.82. The highest BCUT2D eigenvalue weighted by atomic mass is 32.2. The van der Waals surface area contributed by atoms with E-state index in [9.17, 15) is 22.8 Å². The Bertz CT molecular complexity index is 1030. The van der Waals surface area contributed by atoms with E-state index >= 15 is 0 Å². The molecule has 2 aromatic rings. The molecule has 12 heteroatoms. The first-order valence-corrected chi connectivity index (χ1v) is 8.70. The maximum Gasteiger partial charge on any atom is 0.419 e. The van der Waals surface area contributed by atoms with Crippen molar-refractivity contribution < 1.29 is 27.5 Å². The van der Waals surface area contributed by atoms with Gasteiger partial charge in [0.25, 0.3) is 5.91 Å². The van der Waals surface area contributed by atoms with Gasteiger partial charge in [-0.25, -0.2) is 9.48 Å². The van der Waals surface area contributed by atoms with Gasteiger partial charge in [0.1, 0.15) is 0 Å². The molecule has 2 heterocycles. The number of methoxy groups -OCH3 is 1. The summed E-state index contributed by atoms with van der Waals surface area (Å²) < 4.78 is 43.5. The fourth-order valence-electron chi connectivity index (χ4n) is 2.11. The molecule has 3 rings (SSSR count). The van der Waals surface area contributed by atoms with Gasteiger partial charge in [0.2, 0.25) is 0 Å². The van der Waals surface area contributed by atoms with Crippen molar-refractivity contribution >= 4 is 35.0 Å². The summed E-state index contributed by atoms with van der Waals surface area (Å²) in [4.78, 5) is 23.0. The van der Waals surface area contributed by atoms with E-state index in [-0.39, 0.29) is 10.1 Å². The lowest BCUT2D eigenvalue weighted by Crippen LogP contribution is -2.19. The van der Waals surface area contributed by atoms with Crippen LogP contribution in [0, 0.1) is 0 Å². The van der Waals surface area contributed by atoms with Gasteiger partial charge in [-0.05, 0) is 29.5 Å². The number of nitrogens with zero attached hydrogens (tertiary/aromatic N) is 4. The average Bonchev–Trinajstić information content (AvgIpc) is 3.30. The minimum atomic E-state index is -4.45. The van der Waals surface area contributed by atoms with E-state index in [1.807, 2.05) is 0 Å². The van der Waals surface area contributed by atoms with Gasteiger partial charge in [0.05, 0.1) is 35.7 Å². The first-order chi connectivity index (χ1) is 13.8. The number of carbonyl (C=O) groups excluding carboxylic acids is 2. The summed E-state index contributed by atoms with van der Waals surface area (Å²) in [5.41, 5.74) is 0.233. The first-order valence-electron chi connectivity index (χ1n) is 7.88. The van der Waals surface area contributed by atoms with E-state index in [0.717, 1.165) is 34.9 Å². The lowest BCUT2D eigenvalue weighted by Gasteiger charge is -2.02. The van der Waals surface area contributed by atoms with Gasteiger partial charge >= 0.3 is 12.1 Å². The fourth-order valence-corrected chi connectivity index (χ4v) is 2.85. The van der Waals surface area contributed by atoms with Crippen LogP contribution in [0.5, 0.6) is 0 Å². The van der Waals surface area contributed by atoms with Crippen molar-refractivity contribution in [3.05, 3.63) is 58.8 Å². The number of alkyl halides is 3. The Morgan fingerprint density at radius 2 is 2.03 bits per heavy atom. The maximum atomic E-state index is 12.6. The van der Waals surface area contributed by atoms with Gasteiger partial charge in [-0.3, -0.25) is 10.1 Å². The molecule has 0 radical (unpaired) electrons. The molecule has 1 aromatic heterocycles. The molecule has 0 saturated carbocycles. The second-order valence-electron chi connectivity index (χ2n) is 5.50. The van der Waals surface area contributed by atoms with Crippen LogP contribution in [-0.4, -0.2) is 40.1 Å². The molecule has 1 amide bonds. The Morgan fingerprint density at radius 1 is 1.31 bits per heavy atom. The topological polar surface area (TPSA) is 97.9 Å². The molecule has 0 bridgehead atoms. The van der Waals surface area contributed by atoms with Gasteiger partial charge in [0.15, 0.2) is 5.17 Å². The average molecular weight is 423 g/mol. The summed E-state index contributed by atoms with van der Waals surface area (Å²) in [5.74, 6) is -1.15. The van der Waals surface area contributed by atoms with Crippen LogP contribution in [0.3, 0.4) is 0 Å². The van der Waals surface area contributed by atoms with Gasteiger partial charge in [-0.15, -0.1) is 5.10 Å². The van der Waals surface area contributed by atoms with E-state index in [4.69, 9.17) is 0 Å². The minimum Gasteiger partial charge on any atom is -0.466 e. The lowest BCUT2D eigenvalue weighted by molar-refractivity contribution is -0.137. The van der Waals surface area contributed by atoms with Crippen LogP contribution in [0.15, 0.2) is 57.8 Å². The molecule has 1 saturated heterocycles. The van der Waals surface area contributed by atoms with Crippen LogP contribution in [0.1, 0.15) is 11.1 Å². The van der Waals surface area contributed by atoms with Gasteiger partial charge in [0, 0.05) is 12.3 Å². The predicted octanol–water partition coefficient (Wildman–Crippen LogP) is 2.50.